The smallest absolute Gasteiger partial charge is 0.190 e. The number of aromatic hydroxyl groups is 1. The van der Waals surface area contributed by atoms with Crippen molar-refractivity contribution in [3.8, 4) is 5.75 Å². The van der Waals surface area contributed by atoms with E-state index in [1.165, 1.54) is 11.6 Å². The number of benzene rings is 1. The number of nitrogens with zero attached hydrogens (tertiary/aromatic N) is 3. The van der Waals surface area contributed by atoms with Gasteiger partial charge in [0.15, 0.2) is 5.78 Å². The molecule has 27 heavy (non-hydrogen) atoms. The van der Waals surface area contributed by atoms with Gasteiger partial charge in [0, 0.05) is 43.6 Å². The molecule has 2 aliphatic heterocycles. The third-order valence-corrected chi connectivity index (χ3v) is 5.60. The van der Waals surface area contributed by atoms with E-state index >= 15 is 0 Å². The lowest BCUT2D eigenvalue weighted by atomic mass is 10.1. The Morgan fingerprint density at radius 1 is 1.19 bits per heavy atom. The van der Waals surface area contributed by atoms with Gasteiger partial charge in [-0.25, -0.2) is 4.98 Å². The summed E-state index contributed by atoms with van der Waals surface area (Å²) in [6, 6.07) is 11.8. The number of anilines is 1. The molecule has 2 atom stereocenters. The third-order valence-electron chi connectivity index (χ3n) is 5.60. The number of hydrogen-bond donors (Lipinski definition) is 1. The Kier molecular flexibility index (Phi) is 4.60. The highest BCUT2D eigenvalue weighted by Gasteiger charge is 2.42. The number of pyridine rings is 1. The highest BCUT2D eigenvalue weighted by molar-refractivity contribution is 6.06. The number of carbonyl (C=O) groups is 1. The number of para-hydroxylation sites is 1. The molecule has 5 heteroatoms. The zero-order chi connectivity index (χ0) is 19.0. The van der Waals surface area contributed by atoms with Crippen LogP contribution in [-0.4, -0.2) is 45.9 Å². The van der Waals surface area contributed by atoms with Gasteiger partial charge in [0.25, 0.3) is 0 Å². The molecule has 3 heterocycles. The molecule has 1 N–H and O–H groups in total. The molecular formula is C22H25N3O2. The van der Waals surface area contributed by atoms with E-state index in [1.807, 2.05) is 12.4 Å². The Balaban J connectivity index is 1.40. The molecule has 2 aromatic rings. The van der Waals surface area contributed by atoms with Crippen molar-refractivity contribution < 1.29 is 9.90 Å². The Morgan fingerprint density at radius 2 is 2.00 bits per heavy atom. The fraction of sp³-hybridized carbons (Fsp3) is 0.364. The second-order valence-corrected chi connectivity index (χ2v) is 7.69. The first-order valence-electron chi connectivity index (χ1n) is 9.52. The number of likely N-dealkylation sites (tertiary alicyclic amines) is 1. The van der Waals surface area contributed by atoms with Crippen LogP contribution in [0.5, 0.6) is 5.75 Å². The average Bonchev–Trinajstić information content (AvgIpc) is 3.27. The van der Waals surface area contributed by atoms with E-state index in [1.54, 1.807) is 24.3 Å². The number of ketones is 1. The van der Waals surface area contributed by atoms with Gasteiger partial charge in [0.2, 0.25) is 0 Å². The average molecular weight is 363 g/mol. The molecule has 2 aliphatic rings. The Hall–Kier alpha value is -2.82. The van der Waals surface area contributed by atoms with Crippen LogP contribution < -0.4 is 4.90 Å². The maximum Gasteiger partial charge on any atom is 0.190 e. The number of hydrogen-bond acceptors (Lipinski definition) is 5. The molecule has 2 fully saturated rings. The molecule has 0 saturated carbocycles. The monoisotopic (exact) mass is 363 g/mol. The zero-order valence-corrected chi connectivity index (χ0v) is 15.7. The summed E-state index contributed by atoms with van der Waals surface area (Å²) < 4.78 is 0. The number of allylic oxidation sites excluding steroid dienone is 1. The summed E-state index contributed by atoms with van der Waals surface area (Å²) >= 11 is 0. The summed E-state index contributed by atoms with van der Waals surface area (Å²) in [5.41, 5.74) is 1.60. The first-order valence-corrected chi connectivity index (χ1v) is 9.52. The minimum Gasteiger partial charge on any atom is -0.507 e. The molecule has 0 radical (unpaired) electrons. The maximum absolute atomic E-state index is 12.3. The van der Waals surface area contributed by atoms with Crippen LogP contribution in [0.1, 0.15) is 42.1 Å². The van der Waals surface area contributed by atoms with Gasteiger partial charge < -0.3 is 14.9 Å². The van der Waals surface area contributed by atoms with Gasteiger partial charge >= 0.3 is 0 Å². The molecule has 2 bridgehead atoms. The number of carbonyl (C=O) groups excluding carboxylic acids is 1. The molecule has 2 saturated heterocycles. The van der Waals surface area contributed by atoms with Gasteiger partial charge in [-0.3, -0.25) is 4.79 Å². The van der Waals surface area contributed by atoms with Gasteiger partial charge in [-0.05, 0) is 36.1 Å². The second kappa shape index (κ2) is 7.06. The summed E-state index contributed by atoms with van der Waals surface area (Å²) in [6.07, 6.45) is 6.51. The molecule has 1 aromatic heterocycles. The molecule has 0 spiro atoms. The second-order valence-electron chi connectivity index (χ2n) is 7.69. The van der Waals surface area contributed by atoms with Crippen molar-refractivity contribution in [1.29, 1.82) is 0 Å². The largest absolute Gasteiger partial charge is 0.507 e. The first-order chi connectivity index (χ1) is 13.0. The van der Waals surface area contributed by atoms with E-state index < -0.39 is 0 Å². The molecule has 4 rings (SSSR count). The number of phenols is 1. The predicted molar refractivity (Wildman–Crippen MR) is 106 cm³/mol. The zero-order valence-electron chi connectivity index (χ0n) is 15.7. The summed E-state index contributed by atoms with van der Waals surface area (Å²) in [7, 11) is 0. The molecular weight excluding hydrogens is 338 g/mol. The lowest BCUT2D eigenvalue weighted by molar-refractivity contribution is 0.104. The van der Waals surface area contributed by atoms with Gasteiger partial charge in [-0.2, -0.15) is 0 Å². The van der Waals surface area contributed by atoms with Gasteiger partial charge in [-0.1, -0.05) is 32.0 Å². The van der Waals surface area contributed by atoms with Gasteiger partial charge in [0.05, 0.1) is 5.56 Å². The van der Waals surface area contributed by atoms with Crippen molar-refractivity contribution in [2.24, 2.45) is 0 Å². The Bertz CT molecular complexity index is 860. The third kappa shape index (κ3) is 3.42. The number of fused-ring (bicyclic) bond motifs is 2. The molecule has 0 amide bonds. The van der Waals surface area contributed by atoms with Gasteiger partial charge in [0.1, 0.15) is 11.6 Å². The quantitative estimate of drug-likeness (QED) is 0.650. The fourth-order valence-corrected chi connectivity index (χ4v) is 4.01. The van der Waals surface area contributed by atoms with Crippen molar-refractivity contribution in [2.75, 3.05) is 18.0 Å². The molecule has 140 valence electrons. The van der Waals surface area contributed by atoms with Crippen molar-refractivity contribution in [1.82, 2.24) is 9.88 Å². The normalized spacial score (nSPS) is 21.6. The SMILES string of the molecule is CC(C)c1ccc(N2C[C@H]3C[C@@H]2CN3/C=C/C(=O)c2ccccc2O)nc1. The first kappa shape index (κ1) is 17.6. The molecule has 5 nitrogen and oxygen atoms in total. The number of piperazine rings is 1. The van der Waals surface area contributed by atoms with E-state index in [4.69, 9.17) is 0 Å². The van der Waals surface area contributed by atoms with Crippen molar-refractivity contribution >= 4 is 11.6 Å². The summed E-state index contributed by atoms with van der Waals surface area (Å²) in [6.45, 7) is 6.17. The van der Waals surface area contributed by atoms with Crippen LogP contribution in [0.3, 0.4) is 0 Å². The minimum absolute atomic E-state index is 0.0252. The molecule has 0 unspecified atom stereocenters. The molecule has 0 aliphatic carbocycles. The van der Waals surface area contributed by atoms with Crippen LogP contribution in [0.25, 0.3) is 0 Å². The number of phenolic OH excluding ortho intramolecular Hbond substituents is 1. The van der Waals surface area contributed by atoms with Crippen molar-refractivity contribution in [2.45, 2.75) is 38.3 Å². The van der Waals surface area contributed by atoms with Crippen molar-refractivity contribution in [3.63, 3.8) is 0 Å². The lowest BCUT2D eigenvalue weighted by Gasteiger charge is -2.34. The van der Waals surface area contributed by atoms with E-state index in [0.717, 1.165) is 25.3 Å². The standard InChI is InChI=1S/C22H25N3O2/c1-15(2)16-7-8-22(23-12-16)25-14-17-11-18(25)13-24(17)10-9-21(27)19-5-3-4-6-20(19)26/h3-10,12,15,17-18,26H,11,13-14H2,1-2H3/b10-9+/t17-,18-/m1/s1. The number of rotatable bonds is 5. The highest BCUT2D eigenvalue weighted by Crippen LogP contribution is 2.34. The van der Waals surface area contributed by atoms with Crippen molar-refractivity contribution in [3.05, 3.63) is 66.0 Å². The Labute approximate surface area is 159 Å². The summed E-state index contributed by atoms with van der Waals surface area (Å²) in [4.78, 5) is 21.6. The minimum atomic E-state index is -0.168. The highest BCUT2D eigenvalue weighted by atomic mass is 16.3. The summed E-state index contributed by atoms with van der Waals surface area (Å²) in [5.74, 6) is 1.39. The topological polar surface area (TPSA) is 56.7 Å². The predicted octanol–water partition coefficient (Wildman–Crippen LogP) is 3.57. The lowest BCUT2D eigenvalue weighted by Crippen LogP contribution is -2.44. The maximum atomic E-state index is 12.3. The van der Waals surface area contributed by atoms with Gasteiger partial charge in [-0.15, -0.1) is 0 Å². The van der Waals surface area contributed by atoms with E-state index in [0.29, 0.717) is 23.6 Å². The molecule has 1 aromatic carbocycles. The summed E-state index contributed by atoms with van der Waals surface area (Å²) in [5, 5.41) is 9.81. The van der Waals surface area contributed by atoms with Crippen LogP contribution in [0.15, 0.2) is 54.9 Å². The van der Waals surface area contributed by atoms with E-state index in [9.17, 15) is 9.90 Å². The van der Waals surface area contributed by atoms with Crippen LogP contribution in [0, 0.1) is 0 Å². The van der Waals surface area contributed by atoms with Crippen LogP contribution >= 0.6 is 0 Å². The van der Waals surface area contributed by atoms with Crippen LogP contribution in [0.2, 0.25) is 0 Å². The Morgan fingerprint density at radius 3 is 2.63 bits per heavy atom. The van der Waals surface area contributed by atoms with Crippen LogP contribution in [-0.2, 0) is 0 Å². The van der Waals surface area contributed by atoms with E-state index in [2.05, 4.69) is 40.8 Å². The fourth-order valence-electron chi connectivity index (χ4n) is 4.01. The van der Waals surface area contributed by atoms with Crippen LogP contribution in [0.4, 0.5) is 5.82 Å². The van der Waals surface area contributed by atoms with E-state index in [-0.39, 0.29) is 11.5 Å². The number of aromatic nitrogens is 1.